The summed E-state index contributed by atoms with van der Waals surface area (Å²) in [6.45, 7) is 5.67. The van der Waals surface area contributed by atoms with E-state index in [1.54, 1.807) is 47.4 Å². The molecule has 0 bridgehead atoms. The first kappa shape index (κ1) is 24.4. The number of pyridine rings is 1. The molecule has 9 heteroatoms. The Balaban J connectivity index is 1.57. The van der Waals surface area contributed by atoms with Crippen molar-refractivity contribution in [2.24, 2.45) is 5.41 Å². The number of nitrogens with zero attached hydrogens (tertiary/aromatic N) is 3. The van der Waals surface area contributed by atoms with Crippen LogP contribution >= 0.6 is 11.6 Å². The zero-order chi connectivity index (χ0) is 25.2. The Bertz CT molecular complexity index is 1390. The monoisotopic (exact) mass is 491 g/mol. The number of aliphatic hydroxyl groups excluding tert-OH is 1. The van der Waals surface area contributed by atoms with Crippen LogP contribution in [0.4, 0.5) is 5.69 Å². The van der Waals surface area contributed by atoms with Crippen LogP contribution in [0.1, 0.15) is 42.4 Å². The van der Waals surface area contributed by atoms with E-state index in [-0.39, 0.29) is 18.4 Å². The Labute approximate surface area is 207 Å². The summed E-state index contributed by atoms with van der Waals surface area (Å²) in [4.78, 5) is 29.5. The van der Waals surface area contributed by atoms with Crippen molar-refractivity contribution >= 4 is 40.0 Å². The number of hydrogen-bond donors (Lipinski definition) is 3. The number of nitrogens with one attached hydrogen (secondary N) is 2. The zero-order valence-corrected chi connectivity index (χ0v) is 20.4. The molecule has 0 saturated carbocycles. The molecule has 35 heavy (non-hydrogen) atoms. The number of carbonyl (C=O) groups is 2. The standard InChI is InChI=1S/C26H26ClN5O3/c1-26(2,3)25(35)29-12-16-7-10-21(27)19(11-16)24(34)31-22-5-4-6-23-20(22)14-30-32(23)18-9-8-17(15-33)28-13-18/h4-11,13-14,33H,12,15H2,1-3H3,(H,29,35)(H,31,34). The van der Waals surface area contributed by atoms with E-state index in [9.17, 15) is 14.7 Å². The quantitative estimate of drug-likeness (QED) is 0.368. The second-order valence-electron chi connectivity index (χ2n) is 9.16. The van der Waals surface area contributed by atoms with Gasteiger partial charge in [-0.2, -0.15) is 5.10 Å². The average molecular weight is 492 g/mol. The van der Waals surface area contributed by atoms with E-state index in [0.717, 1.165) is 22.2 Å². The minimum atomic E-state index is -0.507. The highest BCUT2D eigenvalue weighted by molar-refractivity contribution is 6.34. The van der Waals surface area contributed by atoms with E-state index >= 15 is 0 Å². The van der Waals surface area contributed by atoms with Gasteiger partial charge >= 0.3 is 0 Å². The highest BCUT2D eigenvalue weighted by Crippen LogP contribution is 2.27. The van der Waals surface area contributed by atoms with Crippen LogP contribution in [0, 0.1) is 5.41 Å². The molecule has 0 atom stereocenters. The second kappa shape index (κ2) is 9.85. The Morgan fingerprint density at radius 3 is 2.57 bits per heavy atom. The maximum absolute atomic E-state index is 13.1. The highest BCUT2D eigenvalue weighted by Gasteiger charge is 2.21. The highest BCUT2D eigenvalue weighted by atomic mass is 35.5. The van der Waals surface area contributed by atoms with Crippen molar-refractivity contribution in [3.05, 3.63) is 82.8 Å². The van der Waals surface area contributed by atoms with Crippen molar-refractivity contribution in [3.8, 4) is 5.69 Å². The third-order valence-corrected chi connectivity index (χ3v) is 5.82. The molecule has 0 unspecified atom stereocenters. The number of hydrogen-bond acceptors (Lipinski definition) is 5. The van der Waals surface area contributed by atoms with Crippen molar-refractivity contribution in [1.82, 2.24) is 20.1 Å². The van der Waals surface area contributed by atoms with Gasteiger partial charge in [0, 0.05) is 17.3 Å². The van der Waals surface area contributed by atoms with Gasteiger partial charge in [-0.05, 0) is 42.0 Å². The summed E-state index contributed by atoms with van der Waals surface area (Å²) in [6.07, 6.45) is 3.30. The van der Waals surface area contributed by atoms with E-state index in [1.807, 2.05) is 39.0 Å². The number of halogens is 1. The Morgan fingerprint density at radius 1 is 1.09 bits per heavy atom. The molecule has 180 valence electrons. The largest absolute Gasteiger partial charge is 0.390 e. The Kier molecular flexibility index (Phi) is 6.86. The Morgan fingerprint density at radius 2 is 1.89 bits per heavy atom. The topological polar surface area (TPSA) is 109 Å². The molecule has 2 aromatic heterocycles. The number of amides is 2. The van der Waals surface area contributed by atoms with E-state index in [2.05, 4.69) is 20.7 Å². The van der Waals surface area contributed by atoms with Gasteiger partial charge in [0.15, 0.2) is 0 Å². The zero-order valence-electron chi connectivity index (χ0n) is 19.7. The fourth-order valence-corrected chi connectivity index (χ4v) is 3.70. The second-order valence-corrected chi connectivity index (χ2v) is 9.57. The van der Waals surface area contributed by atoms with Crippen molar-refractivity contribution in [3.63, 3.8) is 0 Å². The first-order valence-corrected chi connectivity index (χ1v) is 11.5. The third-order valence-electron chi connectivity index (χ3n) is 5.49. The molecule has 0 radical (unpaired) electrons. The van der Waals surface area contributed by atoms with Crippen LogP contribution in [0.15, 0.2) is 60.9 Å². The number of anilines is 1. The molecule has 0 fully saturated rings. The molecule has 0 aliphatic heterocycles. The summed E-state index contributed by atoms with van der Waals surface area (Å²) in [5, 5.41) is 20.5. The maximum atomic E-state index is 13.1. The number of benzene rings is 2. The van der Waals surface area contributed by atoms with E-state index < -0.39 is 5.41 Å². The number of aromatic nitrogens is 3. The molecule has 4 rings (SSSR count). The lowest BCUT2D eigenvalue weighted by Gasteiger charge is -2.18. The molecule has 4 aromatic rings. The fourth-order valence-electron chi connectivity index (χ4n) is 3.49. The molecular weight excluding hydrogens is 466 g/mol. The third kappa shape index (κ3) is 5.34. The van der Waals surface area contributed by atoms with Crippen LogP contribution in [0.5, 0.6) is 0 Å². The molecule has 0 spiro atoms. The van der Waals surface area contributed by atoms with Crippen LogP contribution in [-0.2, 0) is 17.9 Å². The summed E-state index contributed by atoms with van der Waals surface area (Å²) in [5.74, 6) is -0.448. The SMILES string of the molecule is CC(C)(C)C(=O)NCc1ccc(Cl)c(C(=O)Nc2cccc3c2cnn3-c2ccc(CO)nc2)c1. The lowest BCUT2D eigenvalue weighted by Crippen LogP contribution is -2.34. The molecular formula is C26H26ClN5O3. The van der Waals surface area contributed by atoms with Gasteiger partial charge in [0.1, 0.15) is 0 Å². The van der Waals surface area contributed by atoms with Crippen LogP contribution < -0.4 is 10.6 Å². The molecule has 0 saturated heterocycles. The fraction of sp³-hybridized carbons (Fsp3) is 0.231. The van der Waals surface area contributed by atoms with Crippen molar-refractivity contribution in [1.29, 1.82) is 0 Å². The van der Waals surface area contributed by atoms with E-state index in [1.165, 1.54) is 0 Å². The first-order chi connectivity index (χ1) is 16.7. The van der Waals surface area contributed by atoms with Gasteiger partial charge < -0.3 is 15.7 Å². The van der Waals surface area contributed by atoms with E-state index in [4.69, 9.17) is 11.6 Å². The van der Waals surface area contributed by atoms with Gasteiger partial charge in [0.05, 0.1) is 52.2 Å². The molecule has 2 amide bonds. The summed E-state index contributed by atoms with van der Waals surface area (Å²) in [6, 6.07) is 14.2. The summed E-state index contributed by atoms with van der Waals surface area (Å²) < 4.78 is 1.71. The van der Waals surface area contributed by atoms with Crippen LogP contribution in [0.2, 0.25) is 5.02 Å². The minimum absolute atomic E-state index is 0.0802. The van der Waals surface area contributed by atoms with Gasteiger partial charge in [0.2, 0.25) is 5.91 Å². The normalized spacial score (nSPS) is 11.5. The lowest BCUT2D eigenvalue weighted by molar-refractivity contribution is -0.128. The lowest BCUT2D eigenvalue weighted by atomic mass is 9.95. The van der Waals surface area contributed by atoms with Crippen molar-refractivity contribution in [2.45, 2.75) is 33.9 Å². The molecule has 0 aliphatic carbocycles. The smallest absolute Gasteiger partial charge is 0.257 e. The molecule has 3 N–H and O–H groups in total. The van der Waals surface area contributed by atoms with Gasteiger partial charge in [-0.15, -0.1) is 0 Å². The average Bonchev–Trinajstić information content (AvgIpc) is 3.28. The summed E-state index contributed by atoms with van der Waals surface area (Å²) in [5.41, 5.74) is 3.23. The van der Waals surface area contributed by atoms with Gasteiger partial charge in [0.25, 0.3) is 5.91 Å². The predicted molar refractivity (Wildman–Crippen MR) is 135 cm³/mol. The summed E-state index contributed by atoms with van der Waals surface area (Å²) in [7, 11) is 0. The number of aliphatic hydroxyl groups is 1. The Hall–Kier alpha value is -3.75. The number of carbonyl (C=O) groups excluding carboxylic acids is 2. The number of fused-ring (bicyclic) bond motifs is 1. The number of rotatable bonds is 6. The maximum Gasteiger partial charge on any atom is 0.257 e. The van der Waals surface area contributed by atoms with E-state index in [0.29, 0.717) is 28.5 Å². The molecule has 2 heterocycles. The van der Waals surface area contributed by atoms with Gasteiger partial charge in [-0.3, -0.25) is 14.6 Å². The van der Waals surface area contributed by atoms with Crippen LogP contribution in [0.25, 0.3) is 16.6 Å². The van der Waals surface area contributed by atoms with Crippen LogP contribution in [-0.4, -0.2) is 31.7 Å². The predicted octanol–water partition coefficient (Wildman–Crippen LogP) is 4.48. The van der Waals surface area contributed by atoms with Gasteiger partial charge in [-0.25, -0.2) is 4.68 Å². The molecule has 0 aliphatic rings. The first-order valence-electron chi connectivity index (χ1n) is 11.1. The van der Waals surface area contributed by atoms with Crippen LogP contribution in [0.3, 0.4) is 0 Å². The van der Waals surface area contributed by atoms with Crippen molar-refractivity contribution < 1.29 is 14.7 Å². The molecule has 2 aromatic carbocycles. The molecule has 8 nitrogen and oxygen atoms in total. The van der Waals surface area contributed by atoms with Crippen molar-refractivity contribution in [2.75, 3.05) is 5.32 Å². The summed E-state index contributed by atoms with van der Waals surface area (Å²) >= 11 is 6.33. The minimum Gasteiger partial charge on any atom is -0.390 e. The van der Waals surface area contributed by atoms with Gasteiger partial charge in [-0.1, -0.05) is 44.5 Å².